The number of benzene rings is 1. The standard InChI is InChI=1S/C30H30F3N7S/c1-18-3-5-22(37-18)16-40-23(14-34)11-25-19(2)20(4-6-27(25)40)15-39-9-7-21(8-10-39)38-28-26-12-24(13-30(31,32)33)41-29(26)36-17-35-28/h3-6,11-12,17,21,37H,7-10,13,15-16H2,1-2H3,(H,35,36,38). The molecule has 1 saturated heterocycles. The number of thiophene rings is 1. The van der Waals surface area contributed by atoms with Gasteiger partial charge in [0.15, 0.2) is 0 Å². The van der Waals surface area contributed by atoms with Crippen molar-refractivity contribution >= 4 is 38.3 Å². The smallest absolute Gasteiger partial charge is 0.367 e. The second-order valence-corrected chi connectivity index (χ2v) is 11.9. The zero-order chi connectivity index (χ0) is 28.7. The molecule has 0 aliphatic carbocycles. The first-order valence-electron chi connectivity index (χ1n) is 13.6. The Morgan fingerprint density at radius 2 is 1.88 bits per heavy atom. The first-order valence-corrected chi connectivity index (χ1v) is 14.4. The third-order valence-corrected chi connectivity index (χ3v) is 8.92. The molecule has 0 radical (unpaired) electrons. The van der Waals surface area contributed by atoms with Crippen LogP contribution < -0.4 is 5.32 Å². The number of piperidine rings is 1. The second kappa shape index (κ2) is 10.8. The lowest BCUT2D eigenvalue weighted by atomic mass is 10.0. The number of aryl methyl sites for hydroxylation is 2. The Balaban J connectivity index is 1.12. The summed E-state index contributed by atoms with van der Waals surface area (Å²) in [6, 6.07) is 14.5. The Morgan fingerprint density at radius 3 is 2.59 bits per heavy atom. The first-order chi connectivity index (χ1) is 19.7. The monoisotopic (exact) mass is 577 g/mol. The fourth-order valence-corrected chi connectivity index (χ4v) is 6.78. The van der Waals surface area contributed by atoms with Crippen molar-refractivity contribution in [3.05, 3.63) is 75.8 Å². The summed E-state index contributed by atoms with van der Waals surface area (Å²) in [6.45, 7) is 7.37. The Bertz CT molecular complexity index is 1750. The molecule has 0 unspecified atom stereocenters. The van der Waals surface area contributed by atoms with Crippen molar-refractivity contribution in [1.29, 1.82) is 5.26 Å². The highest BCUT2D eigenvalue weighted by atomic mass is 32.1. The van der Waals surface area contributed by atoms with Crippen LogP contribution >= 0.6 is 11.3 Å². The summed E-state index contributed by atoms with van der Waals surface area (Å²) in [7, 11) is 0. The molecule has 1 aromatic carbocycles. The molecule has 0 atom stereocenters. The van der Waals surface area contributed by atoms with Gasteiger partial charge < -0.3 is 14.9 Å². The number of halogens is 3. The largest absolute Gasteiger partial charge is 0.393 e. The molecule has 2 N–H and O–H groups in total. The molecule has 7 nitrogen and oxygen atoms in total. The maximum atomic E-state index is 12.9. The SMILES string of the molecule is Cc1ccc(Cn2c(C#N)cc3c(C)c(CN4CCC(Nc5ncnc6sc(CC(F)(F)F)cc56)CC4)ccc32)[nH]1. The predicted octanol–water partition coefficient (Wildman–Crippen LogP) is 6.69. The van der Waals surface area contributed by atoms with Crippen LogP contribution in [0.2, 0.25) is 0 Å². The van der Waals surface area contributed by atoms with Crippen molar-refractivity contribution in [2.75, 3.05) is 18.4 Å². The van der Waals surface area contributed by atoms with E-state index in [0.29, 0.717) is 28.3 Å². The minimum Gasteiger partial charge on any atom is -0.367 e. The third-order valence-electron chi connectivity index (χ3n) is 7.88. The van der Waals surface area contributed by atoms with Crippen molar-refractivity contribution in [1.82, 2.24) is 24.4 Å². The van der Waals surface area contributed by atoms with Crippen LogP contribution in [-0.2, 0) is 19.5 Å². The van der Waals surface area contributed by atoms with Gasteiger partial charge in [-0.2, -0.15) is 18.4 Å². The molecule has 0 amide bonds. The molecular formula is C30H30F3N7S. The Kier molecular flexibility index (Phi) is 7.21. The molecule has 1 fully saturated rings. The molecule has 41 heavy (non-hydrogen) atoms. The summed E-state index contributed by atoms with van der Waals surface area (Å²) in [5.74, 6) is 0.603. The highest BCUT2D eigenvalue weighted by Gasteiger charge is 2.29. The van der Waals surface area contributed by atoms with Gasteiger partial charge in [-0.05, 0) is 68.1 Å². The number of aromatic nitrogens is 4. The second-order valence-electron chi connectivity index (χ2n) is 10.8. The molecule has 1 aliphatic rings. The summed E-state index contributed by atoms with van der Waals surface area (Å²) in [5.41, 5.74) is 6.30. The number of hydrogen-bond donors (Lipinski definition) is 2. The quantitative estimate of drug-likeness (QED) is 0.225. The van der Waals surface area contributed by atoms with E-state index in [1.165, 1.54) is 17.5 Å². The average molecular weight is 578 g/mol. The van der Waals surface area contributed by atoms with Crippen LogP contribution in [0.5, 0.6) is 0 Å². The van der Waals surface area contributed by atoms with Crippen LogP contribution in [0.1, 0.15) is 45.9 Å². The van der Waals surface area contributed by atoms with E-state index in [1.54, 1.807) is 6.07 Å². The van der Waals surface area contributed by atoms with Gasteiger partial charge in [-0.3, -0.25) is 4.90 Å². The maximum Gasteiger partial charge on any atom is 0.393 e. The number of anilines is 1. The molecule has 212 valence electrons. The van der Waals surface area contributed by atoms with E-state index in [-0.39, 0.29) is 10.9 Å². The van der Waals surface area contributed by atoms with E-state index in [2.05, 4.69) is 60.9 Å². The van der Waals surface area contributed by atoms with Crippen LogP contribution in [0, 0.1) is 25.2 Å². The summed E-state index contributed by atoms with van der Waals surface area (Å²) in [5, 5.41) is 15.0. The molecule has 11 heteroatoms. The molecule has 5 heterocycles. The highest BCUT2D eigenvalue weighted by Crippen LogP contribution is 2.33. The van der Waals surface area contributed by atoms with Gasteiger partial charge in [0.1, 0.15) is 28.7 Å². The molecule has 4 aromatic heterocycles. The predicted molar refractivity (Wildman–Crippen MR) is 155 cm³/mol. The van der Waals surface area contributed by atoms with Crippen molar-refractivity contribution < 1.29 is 13.2 Å². The van der Waals surface area contributed by atoms with E-state index in [4.69, 9.17) is 0 Å². The van der Waals surface area contributed by atoms with Gasteiger partial charge in [-0.15, -0.1) is 11.3 Å². The van der Waals surface area contributed by atoms with E-state index in [9.17, 15) is 18.4 Å². The summed E-state index contributed by atoms with van der Waals surface area (Å²) in [4.78, 5) is 15.1. The molecule has 0 bridgehead atoms. The van der Waals surface area contributed by atoms with Crippen molar-refractivity contribution in [2.45, 2.75) is 58.4 Å². The van der Waals surface area contributed by atoms with Gasteiger partial charge in [-0.1, -0.05) is 6.07 Å². The number of nitrogens with zero attached hydrogens (tertiary/aromatic N) is 5. The van der Waals surface area contributed by atoms with Gasteiger partial charge in [0, 0.05) is 52.8 Å². The van der Waals surface area contributed by atoms with E-state index >= 15 is 0 Å². The number of fused-ring (bicyclic) bond motifs is 2. The number of alkyl halides is 3. The van der Waals surface area contributed by atoms with E-state index < -0.39 is 12.6 Å². The van der Waals surface area contributed by atoms with Crippen LogP contribution in [0.3, 0.4) is 0 Å². The van der Waals surface area contributed by atoms with Crippen LogP contribution in [0.4, 0.5) is 19.0 Å². The highest BCUT2D eigenvalue weighted by molar-refractivity contribution is 7.18. The van der Waals surface area contributed by atoms with Crippen LogP contribution in [0.25, 0.3) is 21.1 Å². The third kappa shape index (κ3) is 5.80. The fourth-order valence-electron chi connectivity index (χ4n) is 5.76. The number of H-pyrrole nitrogens is 1. The molecular weight excluding hydrogens is 547 g/mol. The summed E-state index contributed by atoms with van der Waals surface area (Å²) >= 11 is 1.07. The van der Waals surface area contributed by atoms with Crippen LogP contribution in [0.15, 0.2) is 42.7 Å². The lowest BCUT2D eigenvalue weighted by Crippen LogP contribution is -2.39. The summed E-state index contributed by atoms with van der Waals surface area (Å²) < 4.78 is 40.7. The lowest BCUT2D eigenvalue weighted by Gasteiger charge is -2.33. The van der Waals surface area contributed by atoms with Gasteiger partial charge in [0.25, 0.3) is 0 Å². The van der Waals surface area contributed by atoms with Crippen molar-refractivity contribution in [3.8, 4) is 6.07 Å². The zero-order valence-electron chi connectivity index (χ0n) is 22.8. The average Bonchev–Trinajstić information content (AvgIpc) is 3.63. The number of aromatic amines is 1. The molecule has 0 saturated carbocycles. The summed E-state index contributed by atoms with van der Waals surface area (Å²) in [6.07, 6.45) is -1.99. The molecule has 0 spiro atoms. The normalized spacial score (nSPS) is 15.1. The minimum absolute atomic E-state index is 0.183. The van der Waals surface area contributed by atoms with E-state index in [1.807, 2.05) is 19.1 Å². The Labute approximate surface area is 239 Å². The Morgan fingerprint density at radius 1 is 1.07 bits per heavy atom. The molecule has 5 aromatic rings. The first kappa shape index (κ1) is 27.3. The maximum absolute atomic E-state index is 12.9. The zero-order valence-corrected chi connectivity index (χ0v) is 23.7. The van der Waals surface area contributed by atoms with Crippen LogP contribution in [-0.4, -0.2) is 49.7 Å². The Hall–Kier alpha value is -3.88. The number of likely N-dealkylation sites (tertiary alicyclic amines) is 1. The lowest BCUT2D eigenvalue weighted by molar-refractivity contribution is -0.126. The van der Waals surface area contributed by atoms with Gasteiger partial charge >= 0.3 is 6.18 Å². The molecule has 1 aliphatic heterocycles. The fraction of sp³-hybridized carbons (Fsp3) is 0.367. The number of nitrogens with one attached hydrogen (secondary N) is 2. The van der Waals surface area contributed by atoms with Gasteiger partial charge in [-0.25, -0.2) is 9.97 Å². The molecule has 6 rings (SSSR count). The number of hydrogen-bond acceptors (Lipinski definition) is 6. The van der Waals surface area contributed by atoms with Gasteiger partial charge in [0.2, 0.25) is 0 Å². The van der Waals surface area contributed by atoms with E-state index in [0.717, 1.165) is 66.1 Å². The number of rotatable bonds is 7. The minimum atomic E-state index is -4.25. The van der Waals surface area contributed by atoms with Crippen molar-refractivity contribution in [2.24, 2.45) is 0 Å². The number of nitriles is 1. The van der Waals surface area contributed by atoms with Crippen molar-refractivity contribution in [3.63, 3.8) is 0 Å². The van der Waals surface area contributed by atoms with Gasteiger partial charge in [0.05, 0.1) is 18.4 Å². The topological polar surface area (TPSA) is 85.6 Å².